The van der Waals surface area contributed by atoms with Crippen molar-refractivity contribution in [3.63, 3.8) is 0 Å². The summed E-state index contributed by atoms with van der Waals surface area (Å²) >= 11 is 0. The molecule has 5 heteroatoms. The van der Waals surface area contributed by atoms with Gasteiger partial charge in [0.25, 0.3) is 0 Å². The van der Waals surface area contributed by atoms with Gasteiger partial charge in [0.1, 0.15) is 24.1 Å². The first-order valence-electron chi connectivity index (χ1n) is 7.39. The van der Waals surface area contributed by atoms with Crippen LogP contribution in [0, 0.1) is 0 Å². The first-order chi connectivity index (χ1) is 10.5. The Kier molecular flexibility index (Phi) is 4.23. The molecule has 0 saturated carbocycles. The van der Waals surface area contributed by atoms with Crippen LogP contribution in [0.3, 0.4) is 0 Å². The van der Waals surface area contributed by atoms with Crippen LogP contribution in [0.1, 0.15) is 19.4 Å². The van der Waals surface area contributed by atoms with Crippen LogP contribution in [0.5, 0.6) is 0 Å². The second-order valence-corrected chi connectivity index (χ2v) is 5.97. The number of fused-ring (bicyclic) bond motifs is 1. The molecular formula is C17H22O5. The summed E-state index contributed by atoms with van der Waals surface area (Å²) < 4.78 is 29.0. The predicted octanol–water partition coefficient (Wildman–Crippen LogP) is 2.61. The van der Waals surface area contributed by atoms with Crippen molar-refractivity contribution in [3.8, 4) is 0 Å². The molecule has 2 aliphatic heterocycles. The smallest absolute Gasteiger partial charge is 0.228 e. The van der Waals surface area contributed by atoms with Crippen LogP contribution in [0.15, 0.2) is 42.7 Å². The van der Waals surface area contributed by atoms with E-state index in [4.69, 9.17) is 23.7 Å². The van der Waals surface area contributed by atoms with E-state index in [9.17, 15) is 0 Å². The average Bonchev–Trinajstić information content (AvgIpc) is 2.83. The van der Waals surface area contributed by atoms with Gasteiger partial charge >= 0.3 is 0 Å². The van der Waals surface area contributed by atoms with E-state index in [1.807, 2.05) is 44.2 Å². The highest BCUT2D eigenvalue weighted by molar-refractivity contribution is 5.14. The number of hydrogen-bond acceptors (Lipinski definition) is 5. The molecular weight excluding hydrogens is 284 g/mol. The molecule has 1 aromatic rings. The summed E-state index contributed by atoms with van der Waals surface area (Å²) in [5.74, 6) is -0.180. The number of rotatable bonds is 4. The van der Waals surface area contributed by atoms with E-state index < -0.39 is 12.1 Å². The molecule has 120 valence electrons. The van der Waals surface area contributed by atoms with Crippen LogP contribution < -0.4 is 0 Å². The fourth-order valence-corrected chi connectivity index (χ4v) is 2.84. The van der Waals surface area contributed by atoms with Crippen molar-refractivity contribution in [1.29, 1.82) is 0 Å². The SMILES string of the molecule is C=C1O[C@@H](OC)[C@H](OCc2ccccc2)[C@H]2OC(C)(C)O[C@@H]12. The fourth-order valence-electron chi connectivity index (χ4n) is 2.84. The third kappa shape index (κ3) is 3.03. The van der Waals surface area contributed by atoms with Crippen molar-refractivity contribution in [2.75, 3.05) is 7.11 Å². The fraction of sp³-hybridized carbons (Fsp3) is 0.529. The van der Waals surface area contributed by atoms with Gasteiger partial charge in [-0.1, -0.05) is 36.9 Å². The summed E-state index contributed by atoms with van der Waals surface area (Å²) in [7, 11) is 1.58. The predicted molar refractivity (Wildman–Crippen MR) is 79.9 cm³/mol. The van der Waals surface area contributed by atoms with Crippen LogP contribution in [0.4, 0.5) is 0 Å². The van der Waals surface area contributed by atoms with Crippen molar-refractivity contribution < 1.29 is 23.7 Å². The van der Waals surface area contributed by atoms with Crippen molar-refractivity contribution in [2.45, 2.75) is 50.8 Å². The summed E-state index contributed by atoms with van der Waals surface area (Å²) in [4.78, 5) is 0. The third-order valence-corrected chi connectivity index (χ3v) is 3.82. The van der Waals surface area contributed by atoms with Gasteiger partial charge in [0, 0.05) is 7.11 Å². The normalized spacial score (nSPS) is 33.3. The van der Waals surface area contributed by atoms with Crippen LogP contribution in [0.2, 0.25) is 0 Å². The molecule has 0 unspecified atom stereocenters. The zero-order chi connectivity index (χ0) is 15.7. The van der Waals surface area contributed by atoms with Gasteiger partial charge < -0.3 is 23.7 Å². The van der Waals surface area contributed by atoms with Crippen LogP contribution in [0.25, 0.3) is 0 Å². The molecule has 4 atom stereocenters. The van der Waals surface area contributed by atoms with E-state index in [1.54, 1.807) is 7.11 Å². The van der Waals surface area contributed by atoms with Gasteiger partial charge in [0.05, 0.1) is 6.61 Å². The molecule has 0 aromatic heterocycles. The van der Waals surface area contributed by atoms with E-state index in [2.05, 4.69) is 6.58 Å². The lowest BCUT2D eigenvalue weighted by molar-refractivity contribution is -0.237. The highest BCUT2D eigenvalue weighted by Gasteiger charge is 2.54. The second-order valence-electron chi connectivity index (χ2n) is 5.97. The molecule has 5 nitrogen and oxygen atoms in total. The molecule has 3 rings (SSSR count). The molecule has 2 heterocycles. The van der Waals surface area contributed by atoms with Gasteiger partial charge in [-0.2, -0.15) is 0 Å². The zero-order valence-electron chi connectivity index (χ0n) is 13.2. The standard InChI is InChI=1S/C17H22O5/c1-11-13-14(22-17(2,3)21-13)15(16(18-4)20-11)19-10-12-8-6-5-7-9-12/h5-9,13-16H,1,10H2,2-4H3/t13-,14-,15+,16+/m0/s1. The minimum atomic E-state index is -0.696. The van der Waals surface area contributed by atoms with Gasteiger partial charge in [-0.3, -0.25) is 0 Å². The maximum Gasteiger partial charge on any atom is 0.228 e. The molecule has 2 fully saturated rings. The van der Waals surface area contributed by atoms with Gasteiger partial charge in [0.15, 0.2) is 5.79 Å². The van der Waals surface area contributed by atoms with Gasteiger partial charge in [-0.05, 0) is 19.4 Å². The summed E-state index contributed by atoms with van der Waals surface area (Å²) in [6.07, 6.45) is -1.59. The number of ether oxygens (including phenoxy) is 5. The minimum absolute atomic E-state index is 0.301. The number of hydrogen-bond donors (Lipinski definition) is 0. The Morgan fingerprint density at radius 3 is 2.59 bits per heavy atom. The van der Waals surface area contributed by atoms with Gasteiger partial charge in [0.2, 0.25) is 6.29 Å². The Morgan fingerprint density at radius 2 is 1.91 bits per heavy atom. The molecule has 1 aromatic carbocycles. The first kappa shape index (κ1) is 15.5. The van der Waals surface area contributed by atoms with E-state index >= 15 is 0 Å². The van der Waals surface area contributed by atoms with E-state index in [0.29, 0.717) is 12.4 Å². The summed E-state index contributed by atoms with van der Waals surface area (Å²) in [5.41, 5.74) is 1.08. The Morgan fingerprint density at radius 1 is 1.18 bits per heavy atom. The largest absolute Gasteiger partial charge is 0.464 e. The van der Waals surface area contributed by atoms with Crippen LogP contribution in [-0.2, 0) is 30.3 Å². The summed E-state index contributed by atoms with van der Waals surface area (Å²) in [6, 6.07) is 9.96. The Bertz CT molecular complexity index is 527. The molecule has 0 bridgehead atoms. The maximum atomic E-state index is 6.03. The Hall–Kier alpha value is -1.40. The topological polar surface area (TPSA) is 46.2 Å². The highest BCUT2D eigenvalue weighted by Crippen LogP contribution is 2.39. The number of benzene rings is 1. The van der Waals surface area contributed by atoms with Crippen molar-refractivity contribution in [1.82, 2.24) is 0 Å². The molecule has 0 N–H and O–H groups in total. The van der Waals surface area contributed by atoms with E-state index in [0.717, 1.165) is 5.56 Å². The summed E-state index contributed by atoms with van der Waals surface area (Å²) in [6.45, 7) is 8.10. The second kappa shape index (κ2) is 6.01. The lowest BCUT2D eigenvalue weighted by atomic mass is 10.0. The zero-order valence-corrected chi connectivity index (χ0v) is 13.2. The van der Waals surface area contributed by atoms with Crippen molar-refractivity contribution in [2.24, 2.45) is 0 Å². The first-order valence-corrected chi connectivity index (χ1v) is 7.39. The molecule has 0 spiro atoms. The third-order valence-electron chi connectivity index (χ3n) is 3.82. The lowest BCUT2D eigenvalue weighted by Crippen LogP contribution is -2.52. The molecule has 0 amide bonds. The lowest BCUT2D eigenvalue weighted by Gasteiger charge is -2.38. The van der Waals surface area contributed by atoms with Crippen molar-refractivity contribution in [3.05, 3.63) is 48.2 Å². The Labute approximate surface area is 130 Å². The maximum absolute atomic E-state index is 6.03. The molecule has 0 aliphatic carbocycles. The quantitative estimate of drug-likeness (QED) is 0.855. The average molecular weight is 306 g/mol. The Balaban J connectivity index is 1.75. The summed E-state index contributed by atoms with van der Waals surface area (Å²) in [5, 5.41) is 0. The van der Waals surface area contributed by atoms with Crippen molar-refractivity contribution >= 4 is 0 Å². The number of methoxy groups -OCH3 is 1. The monoisotopic (exact) mass is 306 g/mol. The molecule has 22 heavy (non-hydrogen) atoms. The van der Waals surface area contributed by atoms with Crippen LogP contribution in [-0.4, -0.2) is 37.5 Å². The highest BCUT2D eigenvalue weighted by atomic mass is 16.8. The van der Waals surface area contributed by atoms with Gasteiger partial charge in [-0.25, -0.2) is 0 Å². The molecule has 2 saturated heterocycles. The van der Waals surface area contributed by atoms with E-state index in [-0.39, 0.29) is 18.3 Å². The van der Waals surface area contributed by atoms with E-state index in [1.165, 1.54) is 0 Å². The van der Waals surface area contributed by atoms with Gasteiger partial charge in [-0.15, -0.1) is 0 Å². The minimum Gasteiger partial charge on any atom is -0.464 e. The molecule has 2 aliphatic rings. The van der Waals surface area contributed by atoms with Crippen LogP contribution >= 0.6 is 0 Å². The molecule has 0 radical (unpaired) electrons.